The number of aliphatic carboxylic acids is 1. The van der Waals surface area contributed by atoms with Crippen LogP contribution >= 0.6 is 0 Å². The number of rotatable bonds is 7. The van der Waals surface area contributed by atoms with Crippen molar-refractivity contribution in [3.63, 3.8) is 0 Å². The van der Waals surface area contributed by atoms with Crippen molar-refractivity contribution in [1.82, 2.24) is 9.55 Å². The molecule has 1 aliphatic rings. The number of nitrogens with zero attached hydrogens (tertiary/aromatic N) is 2. The number of carboxylic acids is 1. The lowest BCUT2D eigenvalue weighted by molar-refractivity contribution is -0.140. The van der Waals surface area contributed by atoms with Crippen molar-refractivity contribution in [2.75, 3.05) is 12.8 Å². The number of carbonyl (C=O) groups is 1. The van der Waals surface area contributed by atoms with Crippen LogP contribution in [0.3, 0.4) is 0 Å². The summed E-state index contributed by atoms with van der Waals surface area (Å²) in [5, 5.41) is 9.77. The Balaban J connectivity index is 1.86. The van der Waals surface area contributed by atoms with E-state index in [0.717, 1.165) is 18.4 Å². The molecule has 1 heterocycles. The number of nitrogens with two attached hydrogens (primary N) is 1. The first-order valence-corrected chi connectivity index (χ1v) is 10.4. The highest BCUT2D eigenvalue weighted by Crippen LogP contribution is 2.56. The molecule has 0 aliphatic heterocycles. The van der Waals surface area contributed by atoms with E-state index in [1.807, 2.05) is 6.92 Å². The molecule has 1 saturated carbocycles. The van der Waals surface area contributed by atoms with Gasteiger partial charge in [-0.15, -0.1) is 0 Å². The molecule has 2 aromatic rings. The summed E-state index contributed by atoms with van der Waals surface area (Å²) in [5.41, 5.74) is 5.98. The van der Waals surface area contributed by atoms with Gasteiger partial charge in [-0.2, -0.15) is 0 Å². The molecule has 3 unspecified atom stereocenters. The third kappa shape index (κ3) is 3.26. The van der Waals surface area contributed by atoms with Gasteiger partial charge in [0.25, 0.3) is 0 Å². The minimum absolute atomic E-state index is 0.0366. The molecule has 1 aromatic carbocycles. The number of hydrogen-bond donors (Lipinski definition) is 2. The van der Waals surface area contributed by atoms with Crippen LogP contribution in [0.4, 0.5) is 0 Å². The van der Waals surface area contributed by atoms with Gasteiger partial charge in [0, 0.05) is 18.1 Å². The molecule has 140 valence electrons. The van der Waals surface area contributed by atoms with Crippen LogP contribution in [0.5, 0.6) is 0 Å². The first-order valence-electron chi connectivity index (χ1n) is 8.47. The fourth-order valence-electron chi connectivity index (χ4n) is 3.44. The van der Waals surface area contributed by atoms with Crippen molar-refractivity contribution in [2.45, 2.75) is 30.1 Å². The smallest absolute Gasteiger partial charge is 0.316 e. The number of aromatic nitrogens is 2. The maximum Gasteiger partial charge on any atom is 0.316 e. The van der Waals surface area contributed by atoms with Crippen LogP contribution in [0.15, 0.2) is 41.7 Å². The van der Waals surface area contributed by atoms with E-state index in [1.54, 1.807) is 29.2 Å². The Morgan fingerprint density at radius 2 is 2.08 bits per heavy atom. The summed E-state index contributed by atoms with van der Waals surface area (Å²) in [4.78, 5) is 16.5. The summed E-state index contributed by atoms with van der Waals surface area (Å²) in [6.07, 6.45) is 5.77. The van der Waals surface area contributed by atoms with Crippen molar-refractivity contribution >= 4 is 15.8 Å². The Bertz CT molecular complexity index is 920. The van der Waals surface area contributed by atoms with E-state index in [-0.39, 0.29) is 16.7 Å². The van der Waals surface area contributed by atoms with Crippen LogP contribution in [0.1, 0.15) is 25.5 Å². The second kappa shape index (κ2) is 6.51. The molecule has 0 radical (unpaired) electrons. The molecule has 1 aliphatic carbocycles. The Hall–Kier alpha value is -2.19. The molecule has 3 rings (SSSR count). The molecule has 26 heavy (non-hydrogen) atoms. The summed E-state index contributed by atoms with van der Waals surface area (Å²) < 4.78 is 24.8. The van der Waals surface area contributed by atoms with Crippen LogP contribution in [-0.2, 0) is 20.0 Å². The summed E-state index contributed by atoms with van der Waals surface area (Å²) in [6, 6.07) is 6.41. The number of imidazole rings is 1. The van der Waals surface area contributed by atoms with E-state index in [1.165, 1.54) is 12.1 Å². The van der Waals surface area contributed by atoms with Gasteiger partial charge in [-0.3, -0.25) is 4.79 Å². The fraction of sp³-hybridized carbons (Fsp3) is 0.444. The maximum absolute atomic E-state index is 11.9. The van der Waals surface area contributed by atoms with Crippen molar-refractivity contribution < 1.29 is 18.3 Å². The van der Waals surface area contributed by atoms with E-state index in [9.17, 15) is 18.3 Å². The van der Waals surface area contributed by atoms with Gasteiger partial charge >= 0.3 is 5.97 Å². The maximum atomic E-state index is 11.9. The molecule has 3 atom stereocenters. The molecule has 0 bridgehead atoms. The second-order valence-corrected chi connectivity index (χ2v) is 9.20. The highest BCUT2D eigenvalue weighted by molar-refractivity contribution is 7.90. The SMILES string of the molecule is CC(CN)CC1CC1(C(=O)O)c1cn(-c2ccc(S(C)(=O)=O)cc2)cn1. The molecular weight excluding hydrogens is 354 g/mol. The molecule has 7 nitrogen and oxygen atoms in total. The molecule has 0 amide bonds. The topological polar surface area (TPSA) is 115 Å². The average Bonchev–Trinajstić information content (AvgIpc) is 3.10. The number of sulfone groups is 1. The van der Waals surface area contributed by atoms with E-state index < -0.39 is 21.2 Å². The zero-order chi connectivity index (χ0) is 19.1. The van der Waals surface area contributed by atoms with Gasteiger partial charge in [0.1, 0.15) is 5.41 Å². The zero-order valence-electron chi connectivity index (χ0n) is 14.8. The quantitative estimate of drug-likeness (QED) is 0.757. The first-order chi connectivity index (χ1) is 12.2. The minimum atomic E-state index is -3.26. The predicted octanol–water partition coefficient (Wildman–Crippen LogP) is 1.60. The summed E-state index contributed by atoms with van der Waals surface area (Å²) in [7, 11) is -3.26. The van der Waals surface area contributed by atoms with Crippen molar-refractivity contribution in [2.24, 2.45) is 17.6 Å². The van der Waals surface area contributed by atoms with E-state index >= 15 is 0 Å². The van der Waals surface area contributed by atoms with E-state index in [4.69, 9.17) is 5.73 Å². The standard InChI is InChI=1S/C18H23N3O4S/c1-12(9-19)7-13-8-18(13,17(22)23)16-10-21(11-20-16)14-3-5-15(6-4-14)26(2,24)25/h3-6,10-13H,7-9,19H2,1-2H3,(H,22,23). The summed E-state index contributed by atoms with van der Waals surface area (Å²) >= 11 is 0. The summed E-state index contributed by atoms with van der Waals surface area (Å²) in [5.74, 6) is -0.550. The zero-order valence-corrected chi connectivity index (χ0v) is 15.6. The normalized spacial score (nSPS) is 23.6. The fourth-order valence-corrected chi connectivity index (χ4v) is 4.07. The van der Waals surface area contributed by atoms with Gasteiger partial charge in [-0.25, -0.2) is 13.4 Å². The molecule has 1 aromatic heterocycles. The monoisotopic (exact) mass is 377 g/mol. The third-order valence-corrected chi connectivity index (χ3v) is 6.31. The van der Waals surface area contributed by atoms with Gasteiger partial charge in [0.2, 0.25) is 0 Å². The second-order valence-electron chi connectivity index (χ2n) is 7.19. The van der Waals surface area contributed by atoms with Gasteiger partial charge in [-0.05, 0) is 55.5 Å². The van der Waals surface area contributed by atoms with Gasteiger partial charge < -0.3 is 15.4 Å². The van der Waals surface area contributed by atoms with Crippen LogP contribution in [0, 0.1) is 11.8 Å². The largest absolute Gasteiger partial charge is 0.481 e. The number of hydrogen-bond acceptors (Lipinski definition) is 5. The molecule has 0 saturated heterocycles. The van der Waals surface area contributed by atoms with Crippen molar-refractivity contribution in [1.29, 1.82) is 0 Å². The van der Waals surface area contributed by atoms with Crippen molar-refractivity contribution in [3.05, 3.63) is 42.5 Å². The van der Waals surface area contributed by atoms with Gasteiger partial charge in [0.05, 0.1) is 16.9 Å². The predicted molar refractivity (Wildman–Crippen MR) is 96.9 cm³/mol. The number of carboxylic acid groups (broad SMARTS) is 1. The Kier molecular flexibility index (Phi) is 4.66. The van der Waals surface area contributed by atoms with Gasteiger partial charge in [0.15, 0.2) is 9.84 Å². The molecule has 8 heteroatoms. The highest BCUT2D eigenvalue weighted by Gasteiger charge is 2.62. The minimum Gasteiger partial charge on any atom is -0.481 e. The lowest BCUT2D eigenvalue weighted by atomic mass is 9.94. The number of benzene rings is 1. The van der Waals surface area contributed by atoms with Gasteiger partial charge in [-0.1, -0.05) is 6.92 Å². The summed E-state index contributed by atoms with van der Waals surface area (Å²) in [6.45, 7) is 2.56. The Labute approximate surface area is 152 Å². The Morgan fingerprint density at radius 3 is 2.62 bits per heavy atom. The van der Waals surface area contributed by atoms with E-state index in [0.29, 0.717) is 18.7 Å². The Morgan fingerprint density at radius 1 is 1.42 bits per heavy atom. The third-order valence-electron chi connectivity index (χ3n) is 5.18. The average molecular weight is 377 g/mol. The van der Waals surface area contributed by atoms with Crippen molar-refractivity contribution in [3.8, 4) is 5.69 Å². The molecule has 1 fully saturated rings. The van der Waals surface area contributed by atoms with Crippen LogP contribution < -0.4 is 5.73 Å². The lowest BCUT2D eigenvalue weighted by Gasteiger charge is -2.12. The van der Waals surface area contributed by atoms with Crippen LogP contribution in [0.2, 0.25) is 0 Å². The van der Waals surface area contributed by atoms with E-state index in [2.05, 4.69) is 4.98 Å². The van der Waals surface area contributed by atoms with Crippen LogP contribution in [-0.4, -0.2) is 41.8 Å². The molecule has 0 spiro atoms. The molecular formula is C18H23N3O4S. The first kappa shape index (κ1) is 18.6. The molecule has 3 N–H and O–H groups in total. The lowest BCUT2D eigenvalue weighted by Crippen LogP contribution is -2.24. The van der Waals surface area contributed by atoms with Crippen LogP contribution in [0.25, 0.3) is 5.69 Å². The highest BCUT2D eigenvalue weighted by atomic mass is 32.2.